The van der Waals surface area contributed by atoms with Crippen LogP contribution in [0.25, 0.3) is 11.2 Å². The van der Waals surface area contributed by atoms with E-state index < -0.39 is 0 Å². The van der Waals surface area contributed by atoms with Crippen molar-refractivity contribution in [3.05, 3.63) is 24.2 Å². The molecule has 0 amide bonds. The van der Waals surface area contributed by atoms with Crippen LogP contribution in [-0.4, -0.2) is 45.7 Å². The summed E-state index contributed by atoms with van der Waals surface area (Å²) >= 11 is 0. The van der Waals surface area contributed by atoms with Crippen molar-refractivity contribution in [2.45, 2.75) is 45.2 Å². The normalized spacial score (nSPS) is 26.1. The van der Waals surface area contributed by atoms with E-state index in [-0.39, 0.29) is 0 Å². The minimum atomic E-state index is 0.416. The van der Waals surface area contributed by atoms with Gasteiger partial charge in [-0.15, -0.1) is 0 Å². The average molecular weight is 314 g/mol. The van der Waals surface area contributed by atoms with Gasteiger partial charge in [0.2, 0.25) is 0 Å². The summed E-state index contributed by atoms with van der Waals surface area (Å²) in [6.45, 7) is 6.31. The molecule has 2 aromatic heterocycles. The molecule has 0 bridgehead atoms. The molecule has 5 heteroatoms. The first-order valence-corrected chi connectivity index (χ1v) is 9.00. The molecule has 2 unspecified atom stereocenters. The minimum Gasteiger partial charge on any atom is -0.381 e. The van der Waals surface area contributed by atoms with Crippen LogP contribution < -0.4 is 0 Å². The first-order valence-electron chi connectivity index (χ1n) is 9.00. The SMILES string of the molecule is CCN1CCCC1n1c(CC2CCCOC2)nc2cccnc21. The number of ether oxygens (including phenoxy) is 1. The van der Waals surface area contributed by atoms with E-state index in [4.69, 9.17) is 9.72 Å². The summed E-state index contributed by atoms with van der Waals surface area (Å²) in [4.78, 5) is 12.1. The van der Waals surface area contributed by atoms with Crippen LogP contribution in [0.15, 0.2) is 18.3 Å². The van der Waals surface area contributed by atoms with Gasteiger partial charge in [0.1, 0.15) is 11.3 Å². The molecule has 4 heterocycles. The zero-order chi connectivity index (χ0) is 15.6. The van der Waals surface area contributed by atoms with E-state index in [1.165, 1.54) is 38.1 Å². The van der Waals surface area contributed by atoms with Gasteiger partial charge in [0.05, 0.1) is 6.17 Å². The quantitative estimate of drug-likeness (QED) is 0.870. The van der Waals surface area contributed by atoms with Crippen LogP contribution in [0.1, 0.15) is 44.6 Å². The summed E-state index contributed by atoms with van der Waals surface area (Å²) in [6, 6.07) is 4.07. The van der Waals surface area contributed by atoms with E-state index >= 15 is 0 Å². The Labute approximate surface area is 137 Å². The van der Waals surface area contributed by atoms with Crippen molar-refractivity contribution in [3.8, 4) is 0 Å². The molecule has 4 rings (SSSR count). The maximum absolute atomic E-state index is 5.67. The second-order valence-electron chi connectivity index (χ2n) is 6.78. The molecular formula is C18H26N4O. The predicted octanol–water partition coefficient (Wildman–Crippen LogP) is 3.01. The highest BCUT2D eigenvalue weighted by Crippen LogP contribution is 2.32. The van der Waals surface area contributed by atoms with E-state index in [0.29, 0.717) is 12.1 Å². The number of likely N-dealkylation sites (tertiary alicyclic amines) is 1. The van der Waals surface area contributed by atoms with Gasteiger partial charge in [0, 0.05) is 32.4 Å². The third-order valence-electron chi connectivity index (χ3n) is 5.28. The number of nitrogens with zero attached hydrogens (tertiary/aromatic N) is 4. The smallest absolute Gasteiger partial charge is 0.161 e. The molecule has 0 radical (unpaired) electrons. The molecule has 0 aliphatic carbocycles. The Morgan fingerprint density at radius 3 is 3.09 bits per heavy atom. The third-order valence-corrected chi connectivity index (χ3v) is 5.28. The fraction of sp³-hybridized carbons (Fsp3) is 0.667. The lowest BCUT2D eigenvalue weighted by atomic mass is 9.98. The van der Waals surface area contributed by atoms with E-state index in [2.05, 4.69) is 27.4 Å². The van der Waals surface area contributed by atoms with Gasteiger partial charge >= 0.3 is 0 Å². The highest BCUT2D eigenvalue weighted by atomic mass is 16.5. The maximum atomic E-state index is 5.67. The molecule has 124 valence electrons. The third kappa shape index (κ3) is 2.88. The molecule has 23 heavy (non-hydrogen) atoms. The lowest BCUT2D eigenvalue weighted by molar-refractivity contribution is 0.0534. The Morgan fingerprint density at radius 1 is 1.30 bits per heavy atom. The monoisotopic (exact) mass is 314 g/mol. The topological polar surface area (TPSA) is 43.2 Å². The molecule has 0 aromatic carbocycles. The number of rotatable bonds is 4. The second-order valence-corrected chi connectivity index (χ2v) is 6.78. The second kappa shape index (κ2) is 6.57. The van der Waals surface area contributed by atoms with Crippen molar-refractivity contribution in [2.24, 2.45) is 5.92 Å². The Balaban J connectivity index is 1.72. The van der Waals surface area contributed by atoms with Crippen LogP contribution in [0, 0.1) is 5.92 Å². The van der Waals surface area contributed by atoms with Gasteiger partial charge in [-0.3, -0.25) is 9.47 Å². The van der Waals surface area contributed by atoms with Crippen LogP contribution in [0.3, 0.4) is 0 Å². The highest BCUT2D eigenvalue weighted by molar-refractivity contribution is 5.71. The largest absolute Gasteiger partial charge is 0.381 e. The first kappa shape index (κ1) is 15.1. The summed E-state index contributed by atoms with van der Waals surface area (Å²) < 4.78 is 8.09. The fourth-order valence-electron chi connectivity index (χ4n) is 4.13. The zero-order valence-electron chi connectivity index (χ0n) is 13.9. The Kier molecular flexibility index (Phi) is 4.31. The molecular weight excluding hydrogens is 288 g/mol. The van der Waals surface area contributed by atoms with Crippen molar-refractivity contribution in [2.75, 3.05) is 26.3 Å². The van der Waals surface area contributed by atoms with Crippen LogP contribution >= 0.6 is 0 Å². The number of imidazole rings is 1. The van der Waals surface area contributed by atoms with Crippen LogP contribution in [0.2, 0.25) is 0 Å². The fourth-order valence-corrected chi connectivity index (χ4v) is 4.13. The number of aromatic nitrogens is 3. The van der Waals surface area contributed by atoms with E-state index in [1.54, 1.807) is 0 Å². The molecule has 2 atom stereocenters. The van der Waals surface area contributed by atoms with Crippen LogP contribution in [0.4, 0.5) is 0 Å². The molecule has 0 saturated carbocycles. The minimum absolute atomic E-state index is 0.416. The van der Waals surface area contributed by atoms with Gasteiger partial charge in [0.25, 0.3) is 0 Å². The molecule has 2 aromatic rings. The highest BCUT2D eigenvalue weighted by Gasteiger charge is 2.29. The van der Waals surface area contributed by atoms with E-state index in [1.807, 2.05) is 12.3 Å². The maximum Gasteiger partial charge on any atom is 0.161 e. The Hall–Kier alpha value is -1.46. The van der Waals surface area contributed by atoms with Crippen molar-refractivity contribution in [1.29, 1.82) is 0 Å². The Morgan fingerprint density at radius 2 is 2.26 bits per heavy atom. The van der Waals surface area contributed by atoms with Crippen LogP contribution in [-0.2, 0) is 11.2 Å². The summed E-state index contributed by atoms with van der Waals surface area (Å²) in [7, 11) is 0. The summed E-state index contributed by atoms with van der Waals surface area (Å²) in [6.07, 6.45) is 8.19. The molecule has 5 nitrogen and oxygen atoms in total. The van der Waals surface area contributed by atoms with Gasteiger partial charge < -0.3 is 4.74 Å². The average Bonchev–Trinajstić information content (AvgIpc) is 3.18. The number of hydrogen-bond acceptors (Lipinski definition) is 4. The molecule has 2 aliphatic rings. The first-order chi connectivity index (χ1) is 11.4. The van der Waals surface area contributed by atoms with Crippen molar-refractivity contribution in [1.82, 2.24) is 19.4 Å². The van der Waals surface area contributed by atoms with Crippen molar-refractivity contribution >= 4 is 11.2 Å². The zero-order valence-corrected chi connectivity index (χ0v) is 13.9. The lowest BCUT2D eigenvalue weighted by Gasteiger charge is -2.27. The van der Waals surface area contributed by atoms with Crippen molar-refractivity contribution in [3.63, 3.8) is 0 Å². The summed E-state index contributed by atoms with van der Waals surface area (Å²) in [5.74, 6) is 1.79. The van der Waals surface area contributed by atoms with Gasteiger partial charge in [0.15, 0.2) is 5.65 Å². The molecule has 0 N–H and O–H groups in total. The van der Waals surface area contributed by atoms with E-state index in [0.717, 1.165) is 37.3 Å². The number of fused-ring (bicyclic) bond motifs is 1. The van der Waals surface area contributed by atoms with Gasteiger partial charge in [-0.2, -0.15) is 0 Å². The summed E-state index contributed by atoms with van der Waals surface area (Å²) in [5, 5.41) is 0. The number of pyridine rings is 1. The van der Waals surface area contributed by atoms with Gasteiger partial charge in [-0.1, -0.05) is 6.92 Å². The predicted molar refractivity (Wildman–Crippen MR) is 90.3 cm³/mol. The van der Waals surface area contributed by atoms with Gasteiger partial charge in [-0.25, -0.2) is 9.97 Å². The number of hydrogen-bond donors (Lipinski definition) is 0. The molecule has 0 spiro atoms. The van der Waals surface area contributed by atoms with Gasteiger partial charge in [-0.05, 0) is 50.3 Å². The molecule has 2 aliphatic heterocycles. The molecule has 2 saturated heterocycles. The lowest BCUT2D eigenvalue weighted by Crippen LogP contribution is -2.29. The standard InChI is InChI=1S/C18H26N4O/c1-2-21-10-4-8-17(21)22-16(12-14-6-5-11-23-13-14)20-15-7-3-9-19-18(15)22/h3,7,9,14,17H,2,4-6,8,10-13H2,1H3. The molecule has 2 fully saturated rings. The van der Waals surface area contributed by atoms with E-state index in [9.17, 15) is 0 Å². The van der Waals surface area contributed by atoms with Crippen molar-refractivity contribution < 1.29 is 4.74 Å². The Bertz CT molecular complexity index is 662. The summed E-state index contributed by atoms with van der Waals surface area (Å²) in [5.41, 5.74) is 2.08. The van der Waals surface area contributed by atoms with Crippen LogP contribution in [0.5, 0.6) is 0 Å².